The van der Waals surface area contributed by atoms with Crippen molar-refractivity contribution in [2.75, 3.05) is 0 Å². The summed E-state index contributed by atoms with van der Waals surface area (Å²) in [4.78, 5) is 10.0. The average Bonchev–Trinajstić information content (AvgIpc) is 2.49. The zero-order chi connectivity index (χ0) is 11.0. The van der Waals surface area contributed by atoms with E-state index >= 15 is 0 Å². The molecule has 0 aliphatic heterocycles. The lowest BCUT2D eigenvalue weighted by Gasteiger charge is -1.98. The number of carbonyl (C=O) groups is 1. The Balaban J connectivity index is 2.57. The Labute approximate surface area is 79.7 Å². The van der Waals surface area contributed by atoms with Gasteiger partial charge in [-0.25, -0.2) is 0 Å². The lowest BCUT2D eigenvalue weighted by molar-refractivity contribution is -0.130. The van der Waals surface area contributed by atoms with Gasteiger partial charge in [-0.2, -0.15) is 13.2 Å². The van der Waals surface area contributed by atoms with Crippen LogP contribution in [0.1, 0.15) is 13.8 Å². The van der Waals surface area contributed by atoms with Crippen molar-refractivity contribution in [3.63, 3.8) is 0 Å². The SMILES string of the molecule is CC1(C)[C@H](/C=C\C(F)(F)F)[C@@H]1OC=O. The highest BCUT2D eigenvalue weighted by molar-refractivity contribution is 5.40. The fraction of sp³-hybridized carbons (Fsp3) is 0.667. The lowest BCUT2D eigenvalue weighted by atomic mass is 10.1. The van der Waals surface area contributed by atoms with Gasteiger partial charge in [-0.05, 0) is 0 Å². The second kappa shape index (κ2) is 3.29. The van der Waals surface area contributed by atoms with Gasteiger partial charge in [0.25, 0.3) is 6.47 Å². The van der Waals surface area contributed by atoms with Gasteiger partial charge in [-0.3, -0.25) is 4.79 Å². The number of halogens is 3. The molecular weight excluding hydrogens is 197 g/mol. The van der Waals surface area contributed by atoms with Crippen molar-refractivity contribution in [1.82, 2.24) is 0 Å². The number of rotatable bonds is 3. The summed E-state index contributed by atoms with van der Waals surface area (Å²) in [7, 11) is 0. The van der Waals surface area contributed by atoms with Crippen LogP contribution in [0.25, 0.3) is 0 Å². The Morgan fingerprint density at radius 2 is 1.93 bits per heavy atom. The van der Waals surface area contributed by atoms with Crippen molar-refractivity contribution in [3.8, 4) is 0 Å². The van der Waals surface area contributed by atoms with E-state index in [4.69, 9.17) is 0 Å². The van der Waals surface area contributed by atoms with Crippen LogP contribution >= 0.6 is 0 Å². The molecule has 0 aromatic heterocycles. The Kier molecular flexibility index (Phi) is 2.61. The highest BCUT2D eigenvalue weighted by Gasteiger charge is 2.59. The zero-order valence-corrected chi connectivity index (χ0v) is 7.84. The third-order valence-electron chi connectivity index (χ3n) is 2.50. The van der Waals surface area contributed by atoms with Crippen molar-refractivity contribution in [2.45, 2.75) is 26.1 Å². The molecule has 1 rings (SSSR count). The number of carbonyl (C=O) groups excluding carboxylic acids is 1. The van der Waals surface area contributed by atoms with E-state index in [-0.39, 0.29) is 23.9 Å². The first-order valence-corrected chi connectivity index (χ1v) is 4.14. The maximum atomic E-state index is 11.8. The molecule has 0 aromatic rings. The van der Waals surface area contributed by atoms with E-state index in [0.717, 1.165) is 6.08 Å². The van der Waals surface area contributed by atoms with Crippen molar-refractivity contribution in [3.05, 3.63) is 12.2 Å². The Morgan fingerprint density at radius 1 is 1.36 bits per heavy atom. The maximum Gasteiger partial charge on any atom is 0.409 e. The van der Waals surface area contributed by atoms with E-state index in [1.165, 1.54) is 0 Å². The van der Waals surface area contributed by atoms with Gasteiger partial charge >= 0.3 is 6.18 Å². The molecule has 2 nitrogen and oxygen atoms in total. The number of hydrogen-bond acceptors (Lipinski definition) is 2. The predicted molar refractivity (Wildman–Crippen MR) is 43.4 cm³/mol. The highest BCUT2D eigenvalue weighted by Crippen LogP contribution is 2.54. The average molecular weight is 208 g/mol. The summed E-state index contributed by atoms with van der Waals surface area (Å²) in [6, 6.07) is 0. The Morgan fingerprint density at radius 3 is 2.36 bits per heavy atom. The zero-order valence-electron chi connectivity index (χ0n) is 7.84. The van der Waals surface area contributed by atoms with E-state index in [1.807, 2.05) is 0 Å². The third-order valence-corrected chi connectivity index (χ3v) is 2.50. The normalized spacial score (nSPS) is 30.4. The van der Waals surface area contributed by atoms with Crippen LogP contribution in [0.5, 0.6) is 0 Å². The van der Waals surface area contributed by atoms with Gasteiger partial charge in [0.2, 0.25) is 0 Å². The van der Waals surface area contributed by atoms with Crippen LogP contribution in [0.4, 0.5) is 13.2 Å². The summed E-state index contributed by atoms with van der Waals surface area (Å²) in [6.45, 7) is 3.78. The van der Waals surface area contributed by atoms with Crippen LogP contribution in [0.15, 0.2) is 12.2 Å². The highest BCUT2D eigenvalue weighted by atomic mass is 19.4. The van der Waals surface area contributed by atoms with Gasteiger partial charge in [0.1, 0.15) is 6.10 Å². The summed E-state index contributed by atoms with van der Waals surface area (Å²) in [5.74, 6) is -0.339. The number of hydrogen-bond donors (Lipinski definition) is 0. The number of alkyl halides is 3. The molecule has 14 heavy (non-hydrogen) atoms. The van der Waals surface area contributed by atoms with Crippen molar-refractivity contribution in [1.29, 1.82) is 0 Å². The smallest absolute Gasteiger partial charge is 0.409 e. The lowest BCUT2D eigenvalue weighted by Crippen LogP contribution is -2.01. The molecular formula is C9H11F3O2. The van der Waals surface area contributed by atoms with E-state index in [2.05, 4.69) is 4.74 Å². The van der Waals surface area contributed by atoms with E-state index in [1.54, 1.807) is 13.8 Å². The molecule has 0 saturated heterocycles. The quantitative estimate of drug-likeness (QED) is 0.525. The summed E-state index contributed by atoms with van der Waals surface area (Å²) >= 11 is 0. The molecule has 0 heterocycles. The van der Waals surface area contributed by atoms with Crippen LogP contribution in [0.2, 0.25) is 0 Å². The number of ether oxygens (including phenoxy) is 1. The molecule has 1 aliphatic rings. The minimum atomic E-state index is -4.30. The molecule has 1 aliphatic carbocycles. The van der Waals surface area contributed by atoms with Gasteiger partial charge in [0.05, 0.1) is 0 Å². The van der Waals surface area contributed by atoms with Crippen LogP contribution in [-0.4, -0.2) is 18.8 Å². The first-order chi connectivity index (χ1) is 6.29. The van der Waals surface area contributed by atoms with Gasteiger partial charge in [0, 0.05) is 17.4 Å². The minimum absolute atomic E-state index is 0.188. The molecule has 0 bridgehead atoms. The monoisotopic (exact) mass is 208 g/mol. The molecule has 5 heteroatoms. The fourth-order valence-electron chi connectivity index (χ4n) is 1.51. The first kappa shape index (κ1) is 11.1. The van der Waals surface area contributed by atoms with Crippen LogP contribution in [-0.2, 0) is 9.53 Å². The van der Waals surface area contributed by atoms with Gasteiger partial charge in [-0.1, -0.05) is 19.9 Å². The molecule has 80 valence electrons. The van der Waals surface area contributed by atoms with Crippen molar-refractivity contribution >= 4 is 6.47 Å². The summed E-state index contributed by atoms with van der Waals surface area (Å²) in [6.07, 6.45) is -3.50. The molecule has 1 saturated carbocycles. The summed E-state index contributed by atoms with van der Waals surface area (Å²) in [5.41, 5.74) is -0.386. The van der Waals surface area contributed by atoms with Crippen LogP contribution in [0.3, 0.4) is 0 Å². The van der Waals surface area contributed by atoms with E-state index in [9.17, 15) is 18.0 Å². The molecule has 0 unspecified atom stereocenters. The Hall–Kier alpha value is -1.00. The van der Waals surface area contributed by atoms with E-state index in [0.29, 0.717) is 0 Å². The second-order valence-corrected chi connectivity index (χ2v) is 3.90. The van der Waals surface area contributed by atoms with Gasteiger partial charge in [-0.15, -0.1) is 0 Å². The standard InChI is InChI=1S/C9H11F3O2/c1-8(2)6(7(8)14-5-13)3-4-9(10,11)12/h3-7H,1-2H3/b4-3-/t6-,7+/m1/s1. The van der Waals surface area contributed by atoms with Crippen molar-refractivity contribution in [2.24, 2.45) is 11.3 Å². The van der Waals surface area contributed by atoms with Gasteiger partial charge < -0.3 is 4.74 Å². The minimum Gasteiger partial charge on any atom is -0.463 e. The first-order valence-electron chi connectivity index (χ1n) is 4.14. The van der Waals surface area contributed by atoms with Crippen LogP contribution < -0.4 is 0 Å². The molecule has 0 radical (unpaired) electrons. The van der Waals surface area contributed by atoms with Crippen LogP contribution in [0, 0.1) is 11.3 Å². The Bertz CT molecular complexity index is 255. The summed E-state index contributed by atoms with van der Waals surface area (Å²) in [5, 5.41) is 0. The number of allylic oxidation sites excluding steroid dienone is 1. The largest absolute Gasteiger partial charge is 0.463 e. The molecule has 0 aromatic carbocycles. The fourth-order valence-corrected chi connectivity index (χ4v) is 1.51. The molecule has 1 fully saturated rings. The van der Waals surface area contributed by atoms with Crippen molar-refractivity contribution < 1.29 is 22.7 Å². The third kappa shape index (κ3) is 2.27. The van der Waals surface area contributed by atoms with Gasteiger partial charge in [0.15, 0.2) is 0 Å². The maximum absolute atomic E-state index is 11.8. The van der Waals surface area contributed by atoms with E-state index < -0.39 is 12.3 Å². The second-order valence-electron chi connectivity index (χ2n) is 3.90. The molecule has 2 atom stereocenters. The molecule has 0 spiro atoms. The summed E-state index contributed by atoms with van der Waals surface area (Å²) < 4.78 is 40.1. The predicted octanol–water partition coefficient (Wildman–Crippen LogP) is 2.30. The molecule has 0 amide bonds. The molecule has 0 N–H and O–H groups in total. The topological polar surface area (TPSA) is 26.3 Å².